The summed E-state index contributed by atoms with van der Waals surface area (Å²) < 4.78 is 15.6. The van der Waals surface area contributed by atoms with Crippen LogP contribution in [0.15, 0.2) is 30.3 Å². The number of benzene rings is 2. The fourth-order valence-corrected chi connectivity index (χ4v) is 3.54. The summed E-state index contributed by atoms with van der Waals surface area (Å²) in [5.74, 6) is -1.23. The number of fused-ring (bicyclic) bond motifs is 8. The molecule has 25 heavy (non-hydrogen) atoms. The van der Waals surface area contributed by atoms with Gasteiger partial charge in [-0.2, -0.15) is 0 Å². The third-order valence-corrected chi connectivity index (χ3v) is 4.68. The average molecular weight is 338 g/mol. The van der Waals surface area contributed by atoms with Gasteiger partial charge in [-0.1, -0.05) is 12.1 Å². The summed E-state index contributed by atoms with van der Waals surface area (Å²) in [6.45, 7) is 0. The lowest BCUT2D eigenvalue weighted by Gasteiger charge is -2.18. The van der Waals surface area contributed by atoms with Gasteiger partial charge in [-0.3, -0.25) is 4.79 Å². The molecule has 0 spiro atoms. The van der Waals surface area contributed by atoms with Gasteiger partial charge in [-0.15, -0.1) is 0 Å². The molecule has 0 fully saturated rings. The Morgan fingerprint density at radius 3 is 1.92 bits per heavy atom. The predicted molar refractivity (Wildman–Crippen MR) is 85.7 cm³/mol. The minimum Gasteiger partial charge on any atom is -0.465 e. The molecule has 2 aromatic carbocycles. The van der Waals surface area contributed by atoms with Gasteiger partial charge >= 0.3 is 11.9 Å². The van der Waals surface area contributed by atoms with Crippen LogP contribution >= 0.6 is 0 Å². The van der Waals surface area contributed by atoms with Crippen molar-refractivity contribution in [2.24, 2.45) is 0 Å². The van der Waals surface area contributed by atoms with Crippen LogP contribution in [-0.4, -0.2) is 32.4 Å². The quantitative estimate of drug-likeness (QED) is 0.632. The van der Waals surface area contributed by atoms with Gasteiger partial charge in [0, 0.05) is 5.56 Å². The topological polar surface area (TPSA) is 78.9 Å². The van der Waals surface area contributed by atoms with Crippen LogP contribution in [0.4, 0.5) is 0 Å². The standard InChI is InChI=1S/C19H14O6/c1-23-18(21)14-6-12-13(7-15(14)19(22)24-2)17-11-5-9(8-20)3-4-10(11)16(12)25-17/h3-8,16-17H,1-2H3. The third-order valence-electron chi connectivity index (χ3n) is 4.68. The number of carbonyl (C=O) groups excluding carboxylic acids is 3. The number of aldehydes is 1. The molecule has 6 heteroatoms. The van der Waals surface area contributed by atoms with E-state index < -0.39 is 11.9 Å². The van der Waals surface area contributed by atoms with Gasteiger partial charge in [0.15, 0.2) is 0 Å². The zero-order valence-corrected chi connectivity index (χ0v) is 13.6. The van der Waals surface area contributed by atoms with Crippen molar-refractivity contribution in [3.05, 3.63) is 69.3 Å². The number of hydrogen-bond acceptors (Lipinski definition) is 6. The van der Waals surface area contributed by atoms with E-state index in [1.165, 1.54) is 14.2 Å². The summed E-state index contributed by atoms with van der Waals surface area (Å²) in [5, 5.41) is 0. The van der Waals surface area contributed by atoms with Crippen LogP contribution in [0.5, 0.6) is 0 Å². The maximum Gasteiger partial charge on any atom is 0.338 e. The Kier molecular flexibility index (Phi) is 3.43. The van der Waals surface area contributed by atoms with Crippen molar-refractivity contribution in [3.8, 4) is 0 Å². The first kappa shape index (κ1) is 15.5. The first-order chi connectivity index (χ1) is 12.1. The molecule has 0 amide bonds. The molecule has 0 saturated carbocycles. The van der Waals surface area contributed by atoms with Gasteiger partial charge in [0.25, 0.3) is 0 Å². The Labute approximate surface area is 143 Å². The fraction of sp³-hybridized carbons (Fsp3) is 0.211. The molecule has 0 radical (unpaired) electrons. The van der Waals surface area contributed by atoms with Crippen molar-refractivity contribution < 1.29 is 28.6 Å². The summed E-state index contributed by atoms with van der Waals surface area (Å²) >= 11 is 0. The van der Waals surface area contributed by atoms with Gasteiger partial charge in [-0.05, 0) is 40.5 Å². The highest BCUT2D eigenvalue weighted by Crippen LogP contribution is 2.54. The smallest absolute Gasteiger partial charge is 0.338 e. The van der Waals surface area contributed by atoms with E-state index in [1.54, 1.807) is 24.3 Å². The van der Waals surface area contributed by atoms with E-state index in [-0.39, 0.29) is 23.3 Å². The second kappa shape index (κ2) is 5.53. The Bertz CT molecular complexity index is 930. The lowest BCUT2D eigenvalue weighted by Crippen LogP contribution is -2.15. The normalized spacial score (nSPS) is 19.1. The van der Waals surface area contributed by atoms with Gasteiger partial charge in [-0.25, -0.2) is 9.59 Å². The Morgan fingerprint density at radius 1 is 0.880 bits per heavy atom. The first-order valence-electron chi connectivity index (χ1n) is 7.68. The van der Waals surface area contributed by atoms with Crippen LogP contribution in [-0.2, 0) is 14.2 Å². The van der Waals surface area contributed by atoms with Gasteiger partial charge < -0.3 is 14.2 Å². The van der Waals surface area contributed by atoms with E-state index in [9.17, 15) is 14.4 Å². The highest BCUT2D eigenvalue weighted by molar-refractivity contribution is 6.03. The lowest BCUT2D eigenvalue weighted by atomic mass is 9.83. The van der Waals surface area contributed by atoms with Gasteiger partial charge in [0.2, 0.25) is 0 Å². The van der Waals surface area contributed by atoms with Crippen LogP contribution < -0.4 is 0 Å². The number of methoxy groups -OCH3 is 2. The van der Waals surface area contributed by atoms with E-state index >= 15 is 0 Å². The van der Waals surface area contributed by atoms with Crippen LogP contribution in [0.25, 0.3) is 0 Å². The number of ether oxygens (including phenoxy) is 3. The summed E-state index contributed by atoms with van der Waals surface area (Å²) in [6, 6.07) is 8.64. The predicted octanol–water partition coefficient (Wildman–Crippen LogP) is 2.59. The number of rotatable bonds is 3. The zero-order chi connectivity index (χ0) is 17.7. The summed E-state index contributed by atoms with van der Waals surface area (Å²) in [4.78, 5) is 35.2. The van der Waals surface area contributed by atoms with E-state index in [2.05, 4.69) is 0 Å². The molecule has 2 unspecified atom stereocenters. The Balaban J connectivity index is 1.89. The minimum atomic E-state index is -0.618. The van der Waals surface area contributed by atoms with E-state index in [4.69, 9.17) is 14.2 Å². The van der Waals surface area contributed by atoms with E-state index in [0.717, 1.165) is 28.5 Å². The Morgan fingerprint density at radius 2 is 1.40 bits per heavy atom. The van der Waals surface area contributed by atoms with Crippen LogP contribution in [0.3, 0.4) is 0 Å². The highest BCUT2D eigenvalue weighted by atomic mass is 16.5. The summed E-state index contributed by atoms with van der Waals surface area (Å²) in [5.41, 5.74) is 4.34. The molecule has 0 saturated heterocycles. The molecule has 0 aliphatic carbocycles. The van der Waals surface area contributed by atoms with Crippen molar-refractivity contribution in [2.45, 2.75) is 12.2 Å². The molecule has 4 rings (SSSR count). The molecule has 126 valence electrons. The minimum absolute atomic E-state index is 0.136. The van der Waals surface area contributed by atoms with Crippen LogP contribution in [0.2, 0.25) is 0 Å². The molecular formula is C19H14O6. The monoisotopic (exact) mass is 338 g/mol. The average Bonchev–Trinajstić information content (AvgIpc) is 3.21. The highest BCUT2D eigenvalue weighted by Gasteiger charge is 2.44. The van der Waals surface area contributed by atoms with Crippen molar-refractivity contribution in [1.29, 1.82) is 0 Å². The Hall–Kier alpha value is -2.99. The molecule has 2 aromatic rings. The van der Waals surface area contributed by atoms with E-state index in [0.29, 0.717) is 5.56 Å². The van der Waals surface area contributed by atoms with E-state index in [1.807, 2.05) is 6.07 Å². The zero-order valence-electron chi connectivity index (χ0n) is 13.6. The molecule has 2 heterocycles. The number of esters is 2. The fourth-order valence-electron chi connectivity index (χ4n) is 3.54. The lowest BCUT2D eigenvalue weighted by molar-refractivity contribution is 0.0555. The third kappa shape index (κ3) is 2.11. The largest absolute Gasteiger partial charge is 0.465 e. The van der Waals surface area contributed by atoms with Crippen molar-refractivity contribution >= 4 is 18.2 Å². The molecule has 2 aliphatic rings. The van der Waals surface area contributed by atoms with Gasteiger partial charge in [0.1, 0.15) is 18.5 Å². The van der Waals surface area contributed by atoms with Crippen molar-refractivity contribution in [3.63, 3.8) is 0 Å². The SMILES string of the molecule is COC(=O)c1cc2c(cc1C(=O)OC)C1OC2c2ccc(C=O)cc21. The van der Waals surface area contributed by atoms with Crippen LogP contribution in [0, 0.1) is 0 Å². The molecule has 2 aliphatic heterocycles. The second-order valence-electron chi connectivity index (χ2n) is 5.91. The molecule has 2 atom stereocenters. The molecule has 0 aromatic heterocycles. The summed E-state index contributed by atoms with van der Waals surface area (Å²) in [7, 11) is 2.51. The maximum atomic E-state index is 12.1. The second-order valence-corrected chi connectivity index (χ2v) is 5.91. The van der Waals surface area contributed by atoms with Gasteiger partial charge in [0.05, 0.1) is 25.3 Å². The van der Waals surface area contributed by atoms with Crippen LogP contribution in [0.1, 0.15) is 65.5 Å². The molecular weight excluding hydrogens is 324 g/mol. The maximum absolute atomic E-state index is 12.1. The van der Waals surface area contributed by atoms with Crippen molar-refractivity contribution in [1.82, 2.24) is 0 Å². The molecule has 2 bridgehead atoms. The summed E-state index contributed by atoms with van der Waals surface area (Å²) in [6.07, 6.45) is 0.0868. The molecule has 0 N–H and O–H groups in total. The number of carbonyl (C=O) groups is 3. The number of hydrogen-bond donors (Lipinski definition) is 0. The first-order valence-corrected chi connectivity index (χ1v) is 7.68. The molecule has 6 nitrogen and oxygen atoms in total. The van der Waals surface area contributed by atoms with Crippen molar-refractivity contribution in [2.75, 3.05) is 14.2 Å².